The van der Waals surface area contributed by atoms with E-state index in [1.807, 2.05) is 12.1 Å². The second-order valence-corrected chi connectivity index (χ2v) is 6.30. The molecule has 0 aliphatic heterocycles. The Morgan fingerprint density at radius 1 is 1.11 bits per heavy atom. The van der Waals surface area contributed by atoms with E-state index >= 15 is 0 Å². The third-order valence-corrected chi connectivity index (χ3v) is 4.18. The Labute approximate surface area is 163 Å². The summed E-state index contributed by atoms with van der Waals surface area (Å²) in [4.78, 5) is 37.2. The van der Waals surface area contributed by atoms with Crippen LogP contribution in [0.5, 0.6) is 0 Å². The molecule has 0 bridgehead atoms. The second-order valence-electron chi connectivity index (χ2n) is 5.87. The summed E-state index contributed by atoms with van der Waals surface area (Å²) >= 11 is 5.83. The van der Waals surface area contributed by atoms with Crippen LogP contribution >= 0.6 is 11.6 Å². The standard InChI is InChI=1S/C20H21ClN2O4/c1-14(24)23(18-5-3-4-16(12-18)20(26)27-2)11-10-19(25)22-13-15-6-8-17(21)9-7-15/h3-9,12H,10-11,13H2,1-2H3,(H,22,25). The number of hydrogen-bond donors (Lipinski definition) is 1. The third kappa shape index (κ3) is 6.11. The zero-order valence-electron chi connectivity index (χ0n) is 15.2. The number of nitrogens with one attached hydrogen (secondary N) is 1. The van der Waals surface area contributed by atoms with Gasteiger partial charge in [-0.25, -0.2) is 4.79 Å². The normalized spacial score (nSPS) is 10.2. The van der Waals surface area contributed by atoms with E-state index in [0.29, 0.717) is 22.8 Å². The molecule has 27 heavy (non-hydrogen) atoms. The average Bonchev–Trinajstić information content (AvgIpc) is 2.67. The van der Waals surface area contributed by atoms with E-state index < -0.39 is 5.97 Å². The number of anilines is 1. The Morgan fingerprint density at radius 2 is 1.81 bits per heavy atom. The molecule has 0 aromatic heterocycles. The summed E-state index contributed by atoms with van der Waals surface area (Å²) in [6.45, 7) is 2.00. The van der Waals surface area contributed by atoms with Gasteiger partial charge in [-0.1, -0.05) is 29.8 Å². The minimum absolute atomic E-state index is 0.135. The van der Waals surface area contributed by atoms with Crippen molar-refractivity contribution in [2.24, 2.45) is 0 Å². The summed E-state index contributed by atoms with van der Waals surface area (Å²) < 4.78 is 4.70. The van der Waals surface area contributed by atoms with Crippen molar-refractivity contribution in [2.75, 3.05) is 18.6 Å². The van der Waals surface area contributed by atoms with E-state index in [4.69, 9.17) is 16.3 Å². The van der Waals surface area contributed by atoms with E-state index in [9.17, 15) is 14.4 Å². The zero-order valence-corrected chi connectivity index (χ0v) is 16.0. The number of amides is 2. The van der Waals surface area contributed by atoms with E-state index in [1.54, 1.807) is 36.4 Å². The predicted octanol–water partition coefficient (Wildman–Crippen LogP) is 3.19. The first-order chi connectivity index (χ1) is 12.9. The van der Waals surface area contributed by atoms with Crippen LogP contribution in [0.4, 0.5) is 5.69 Å². The van der Waals surface area contributed by atoms with Gasteiger partial charge in [0.2, 0.25) is 11.8 Å². The molecule has 0 spiro atoms. The molecule has 6 nitrogen and oxygen atoms in total. The Bertz CT molecular complexity index is 821. The highest BCUT2D eigenvalue weighted by atomic mass is 35.5. The number of ether oxygens (including phenoxy) is 1. The van der Waals surface area contributed by atoms with Crippen molar-refractivity contribution in [1.29, 1.82) is 0 Å². The van der Waals surface area contributed by atoms with Gasteiger partial charge < -0.3 is 15.0 Å². The van der Waals surface area contributed by atoms with Crippen molar-refractivity contribution < 1.29 is 19.1 Å². The quantitative estimate of drug-likeness (QED) is 0.739. The van der Waals surface area contributed by atoms with Crippen LogP contribution in [0, 0.1) is 0 Å². The van der Waals surface area contributed by atoms with E-state index in [2.05, 4.69) is 5.32 Å². The summed E-state index contributed by atoms with van der Waals surface area (Å²) in [5.74, 6) is -0.885. The summed E-state index contributed by atoms with van der Waals surface area (Å²) in [6.07, 6.45) is 0.135. The lowest BCUT2D eigenvalue weighted by molar-refractivity contribution is -0.121. The van der Waals surface area contributed by atoms with Crippen LogP contribution in [0.15, 0.2) is 48.5 Å². The summed E-state index contributed by atoms with van der Waals surface area (Å²) in [5, 5.41) is 3.44. The largest absolute Gasteiger partial charge is 0.465 e. The molecule has 0 heterocycles. The SMILES string of the molecule is COC(=O)c1cccc(N(CCC(=O)NCc2ccc(Cl)cc2)C(C)=O)c1. The van der Waals surface area contributed by atoms with Crippen molar-refractivity contribution >= 4 is 35.1 Å². The fraction of sp³-hybridized carbons (Fsp3) is 0.250. The molecule has 142 valence electrons. The number of benzene rings is 2. The number of halogens is 1. The lowest BCUT2D eigenvalue weighted by atomic mass is 10.1. The van der Waals surface area contributed by atoms with Gasteiger partial charge in [0.05, 0.1) is 12.7 Å². The second kappa shape index (κ2) is 9.73. The lowest BCUT2D eigenvalue weighted by Crippen LogP contribution is -2.33. The average molecular weight is 389 g/mol. The molecule has 1 N–H and O–H groups in total. The van der Waals surface area contributed by atoms with Crippen molar-refractivity contribution in [1.82, 2.24) is 5.32 Å². The van der Waals surface area contributed by atoms with Crippen LogP contribution in [0.3, 0.4) is 0 Å². The van der Waals surface area contributed by atoms with Gasteiger partial charge in [-0.15, -0.1) is 0 Å². The lowest BCUT2D eigenvalue weighted by Gasteiger charge is -2.21. The van der Waals surface area contributed by atoms with E-state index in [0.717, 1.165) is 5.56 Å². The van der Waals surface area contributed by atoms with Gasteiger partial charge in [0.15, 0.2) is 0 Å². The molecular weight excluding hydrogens is 368 g/mol. The van der Waals surface area contributed by atoms with Gasteiger partial charge >= 0.3 is 5.97 Å². The Balaban J connectivity index is 1.96. The molecule has 0 aliphatic carbocycles. The number of esters is 1. The molecule has 2 rings (SSSR count). The van der Waals surface area contributed by atoms with Crippen LogP contribution < -0.4 is 10.2 Å². The highest BCUT2D eigenvalue weighted by Crippen LogP contribution is 2.18. The van der Waals surface area contributed by atoms with Gasteiger partial charge in [0.1, 0.15) is 0 Å². The molecule has 2 aromatic carbocycles. The molecule has 2 amide bonds. The number of nitrogens with zero attached hydrogens (tertiary/aromatic N) is 1. The first kappa shape index (κ1) is 20.5. The van der Waals surface area contributed by atoms with Crippen LogP contribution in [0.1, 0.15) is 29.3 Å². The monoisotopic (exact) mass is 388 g/mol. The maximum Gasteiger partial charge on any atom is 0.337 e. The summed E-state index contributed by atoms with van der Waals surface area (Å²) in [6, 6.07) is 13.7. The van der Waals surface area contributed by atoms with E-state index in [1.165, 1.54) is 18.9 Å². The molecule has 0 fully saturated rings. The van der Waals surface area contributed by atoms with Gasteiger partial charge in [-0.2, -0.15) is 0 Å². The predicted molar refractivity (Wildman–Crippen MR) is 104 cm³/mol. The number of carbonyl (C=O) groups excluding carboxylic acids is 3. The van der Waals surface area contributed by atoms with Gasteiger partial charge in [0.25, 0.3) is 0 Å². The molecular formula is C20H21ClN2O4. The van der Waals surface area contributed by atoms with Crippen molar-refractivity contribution in [3.8, 4) is 0 Å². The third-order valence-electron chi connectivity index (χ3n) is 3.92. The fourth-order valence-corrected chi connectivity index (χ4v) is 2.62. The summed E-state index contributed by atoms with van der Waals surface area (Å²) in [7, 11) is 1.29. The molecule has 0 aliphatic rings. The number of rotatable bonds is 7. The Kier molecular flexibility index (Phi) is 7.37. The maximum absolute atomic E-state index is 12.1. The van der Waals surface area contributed by atoms with Crippen molar-refractivity contribution in [3.05, 3.63) is 64.7 Å². The number of carbonyl (C=O) groups is 3. The minimum Gasteiger partial charge on any atom is -0.465 e. The Hall–Kier alpha value is -2.86. The molecule has 0 saturated heterocycles. The summed E-state index contributed by atoms with van der Waals surface area (Å²) in [5.41, 5.74) is 1.81. The number of hydrogen-bond acceptors (Lipinski definition) is 4. The fourth-order valence-electron chi connectivity index (χ4n) is 2.49. The smallest absolute Gasteiger partial charge is 0.337 e. The van der Waals surface area contributed by atoms with Crippen LogP contribution in [-0.2, 0) is 20.9 Å². The van der Waals surface area contributed by atoms with Crippen molar-refractivity contribution in [3.63, 3.8) is 0 Å². The molecule has 2 aromatic rings. The highest BCUT2D eigenvalue weighted by molar-refractivity contribution is 6.30. The first-order valence-electron chi connectivity index (χ1n) is 8.38. The Morgan fingerprint density at radius 3 is 2.44 bits per heavy atom. The molecule has 0 atom stereocenters. The van der Waals surface area contributed by atoms with Gasteiger partial charge in [-0.3, -0.25) is 9.59 Å². The van der Waals surface area contributed by atoms with Gasteiger partial charge in [0, 0.05) is 37.1 Å². The zero-order chi connectivity index (χ0) is 19.8. The highest BCUT2D eigenvalue weighted by Gasteiger charge is 2.15. The van der Waals surface area contributed by atoms with Crippen LogP contribution in [-0.4, -0.2) is 31.4 Å². The van der Waals surface area contributed by atoms with Gasteiger partial charge in [-0.05, 0) is 35.9 Å². The van der Waals surface area contributed by atoms with Crippen LogP contribution in [0.25, 0.3) is 0 Å². The number of methoxy groups -OCH3 is 1. The minimum atomic E-state index is -0.485. The molecule has 7 heteroatoms. The molecule has 0 saturated carbocycles. The van der Waals surface area contributed by atoms with E-state index in [-0.39, 0.29) is 24.8 Å². The maximum atomic E-state index is 12.1. The first-order valence-corrected chi connectivity index (χ1v) is 8.76. The topological polar surface area (TPSA) is 75.7 Å². The molecule has 0 radical (unpaired) electrons. The van der Waals surface area contributed by atoms with Crippen LogP contribution in [0.2, 0.25) is 5.02 Å². The van der Waals surface area contributed by atoms with Crippen molar-refractivity contribution in [2.45, 2.75) is 19.9 Å². The molecule has 0 unspecified atom stereocenters.